The first-order valence-corrected chi connectivity index (χ1v) is 2.02. The molecule has 0 fully saturated rings. The first kappa shape index (κ1) is 6.94. The topological polar surface area (TPSA) is 52.4 Å². The van der Waals surface area contributed by atoms with E-state index in [-0.39, 0.29) is 5.70 Å². The minimum Gasteiger partial charge on any atom is -0.498 e. The third-order valence-electron chi connectivity index (χ3n) is 0.576. The summed E-state index contributed by atoms with van der Waals surface area (Å²) in [6.45, 7) is 1.36. The molecule has 0 unspecified atom stereocenters. The van der Waals surface area contributed by atoms with Crippen molar-refractivity contribution in [2.24, 2.45) is 0 Å². The highest BCUT2D eigenvalue weighted by Crippen LogP contribution is 1.90. The van der Waals surface area contributed by atoms with Crippen LogP contribution in [0.4, 0.5) is 0 Å². The quantitative estimate of drug-likeness (QED) is 0.305. The molecule has 0 rings (SSSR count). The summed E-state index contributed by atoms with van der Waals surface area (Å²) >= 11 is 0. The standard InChI is InChI=1S/C4H7NO3/c1-4(3-8-2)5(6)7/h3H,1-2H3/b4-3-. The van der Waals surface area contributed by atoms with Gasteiger partial charge in [-0.25, -0.2) is 0 Å². The van der Waals surface area contributed by atoms with Crippen LogP contribution in [0.25, 0.3) is 0 Å². The number of nitro groups is 1. The minimum atomic E-state index is -0.510. The summed E-state index contributed by atoms with van der Waals surface area (Å²) in [6.07, 6.45) is 1.08. The molecule has 0 saturated heterocycles. The van der Waals surface area contributed by atoms with Crippen LogP contribution in [0.5, 0.6) is 0 Å². The Hall–Kier alpha value is -1.06. The van der Waals surface area contributed by atoms with Gasteiger partial charge in [0.15, 0.2) is 6.26 Å². The zero-order chi connectivity index (χ0) is 6.57. The molecule has 0 aromatic heterocycles. The van der Waals surface area contributed by atoms with Crippen LogP contribution in [-0.2, 0) is 4.74 Å². The molecule has 0 aliphatic carbocycles. The molecular weight excluding hydrogens is 110 g/mol. The summed E-state index contributed by atoms with van der Waals surface area (Å²) in [6, 6.07) is 0. The highest BCUT2D eigenvalue weighted by atomic mass is 16.6. The lowest BCUT2D eigenvalue weighted by Crippen LogP contribution is -1.93. The fraction of sp³-hybridized carbons (Fsp3) is 0.500. The van der Waals surface area contributed by atoms with Gasteiger partial charge >= 0.3 is 0 Å². The fourth-order valence-corrected chi connectivity index (χ4v) is 0.214. The summed E-state index contributed by atoms with van der Waals surface area (Å²) in [5.41, 5.74) is 0.00694. The largest absolute Gasteiger partial charge is 0.498 e. The highest BCUT2D eigenvalue weighted by molar-refractivity contribution is 4.77. The minimum absolute atomic E-state index is 0.00694. The van der Waals surface area contributed by atoms with Crippen LogP contribution in [0, 0.1) is 10.1 Å². The zero-order valence-electron chi connectivity index (χ0n) is 4.75. The molecule has 0 bridgehead atoms. The molecule has 0 aromatic carbocycles. The average molecular weight is 117 g/mol. The molecule has 0 N–H and O–H groups in total. The summed E-state index contributed by atoms with van der Waals surface area (Å²) < 4.78 is 4.36. The van der Waals surface area contributed by atoms with Crippen molar-refractivity contribution in [3.05, 3.63) is 22.1 Å². The second kappa shape index (κ2) is 3.01. The second-order valence-corrected chi connectivity index (χ2v) is 1.25. The lowest BCUT2D eigenvalue weighted by atomic mass is 10.6. The molecule has 0 spiro atoms. The van der Waals surface area contributed by atoms with Gasteiger partial charge < -0.3 is 4.74 Å². The zero-order valence-corrected chi connectivity index (χ0v) is 4.75. The van der Waals surface area contributed by atoms with Crippen molar-refractivity contribution < 1.29 is 9.66 Å². The maximum Gasteiger partial charge on any atom is 0.277 e. The summed E-state index contributed by atoms with van der Waals surface area (Å²) in [5.74, 6) is 0. The maximum absolute atomic E-state index is 9.75. The van der Waals surface area contributed by atoms with Gasteiger partial charge in [-0.15, -0.1) is 0 Å². The molecule has 4 heteroatoms. The number of allylic oxidation sites excluding steroid dienone is 1. The van der Waals surface area contributed by atoms with Crippen LogP contribution in [0.2, 0.25) is 0 Å². The molecule has 46 valence electrons. The monoisotopic (exact) mass is 117 g/mol. The third kappa shape index (κ3) is 2.17. The van der Waals surface area contributed by atoms with E-state index in [0.29, 0.717) is 0 Å². The van der Waals surface area contributed by atoms with Crippen LogP contribution in [0.15, 0.2) is 12.0 Å². The highest BCUT2D eigenvalue weighted by Gasteiger charge is 1.98. The van der Waals surface area contributed by atoms with E-state index in [4.69, 9.17) is 0 Å². The lowest BCUT2D eigenvalue weighted by Gasteiger charge is -1.86. The lowest BCUT2D eigenvalue weighted by molar-refractivity contribution is -0.426. The molecule has 0 aliphatic heterocycles. The van der Waals surface area contributed by atoms with Crippen LogP contribution < -0.4 is 0 Å². The number of hydrogen-bond acceptors (Lipinski definition) is 3. The molecular formula is C4H7NO3. The van der Waals surface area contributed by atoms with Crippen molar-refractivity contribution in [2.75, 3.05) is 7.11 Å². The van der Waals surface area contributed by atoms with Gasteiger partial charge in [-0.1, -0.05) is 0 Å². The summed E-state index contributed by atoms with van der Waals surface area (Å²) in [4.78, 5) is 9.24. The molecule has 0 heterocycles. The molecule has 8 heavy (non-hydrogen) atoms. The average Bonchev–Trinajstić information content (AvgIpc) is 1.67. The van der Waals surface area contributed by atoms with E-state index in [0.717, 1.165) is 6.26 Å². The van der Waals surface area contributed by atoms with E-state index >= 15 is 0 Å². The van der Waals surface area contributed by atoms with Gasteiger partial charge in [0.25, 0.3) is 5.70 Å². The van der Waals surface area contributed by atoms with Crippen LogP contribution in [0.3, 0.4) is 0 Å². The molecule has 0 amide bonds. The molecule has 0 saturated carbocycles. The number of ether oxygens (including phenoxy) is 1. The molecule has 0 radical (unpaired) electrons. The van der Waals surface area contributed by atoms with E-state index < -0.39 is 4.92 Å². The Labute approximate surface area is 46.9 Å². The third-order valence-corrected chi connectivity index (χ3v) is 0.576. The Kier molecular flexibility index (Phi) is 2.61. The van der Waals surface area contributed by atoms with Gasteiger partial charge in [-0.3, -0.25) is 10.1 Å². The second-order valence-electron chi connectivity index (χ2n) is 1.25. The molecule has 0 aromatic rings. The number of hydrogen-bond donors (Lipinski definition) is 0. The summed E-state index contributed by atoms with van der Waals surface area (Å²) in [7, 11) is 1.37. The van der Waals surface area contributed by atoms with Crippen molar-refractivity contribution in [1.29, 1.82) is 0 Å². The van der Waals surface area contributed by atoms with E-state index in [2.05, 4.69) is 4.74 Å². The number of methoxy groups -OCH3 is 1. The Morgan fingerprint density at radius 2 is 2.38 bits per heavy atom. The van der Waals surface area contributed by atoms with E-state index in [9.17, 15) is 10.1 Å². The van der Waals surface area contributed by atoms with Gasteiger partial charge in [0.05, 0.1) is 12.0 Å². The normalized spacial score (nSPS) is 11.0. The van der Waals surface area contributed by atoms with Crippen LogP contribution in [-0.4, -0.2) is 12.0 Å². The van der Waals surface area contributed by atoms with Crippen molar-refractivity contribution in [2.45, 2.75) is 6.92 Å². The fourth-order valence-electron chi connectivity index (χ4n) is 0.214. The van der Waals surface area contributed by atoms with Gasteiger partial charge in [0, 0.05) is 6.92 Å². The Morgan fingerprint density at radius 1 is 1.88 bits per heavy atom. The number of nitrogens with zero attached hydrogens (tertiary/aromatic N) is 1. The Morgan fingerprint density at radius 3 is 2.50 bits per heavy atom. The van der Waals surface area contributed by atoms with Gasteiger partial charge in [-0.2, -0.15) is 0 Å². The van der Waals surface area contributed by atoms with Crippen molar-refractivity contribution >= 4 is 0 Å². The predicted octanol–water partition coefficient (Wildman–Crippen LogP) is 0.771. The molecule has 0 aliphatic rings. The number of rotatable bonds is 2. The van der Waals surface area contributed by atoms with Crippen molar-refractivity contribution in [3.8, 4) is 0 Å². The van der Waals surface area contributed by atoms with Crippen LogP contribution >= 0.6 is 0 Å². The first-order chi connectivity index (χ1) is 3.68. The Bertz CT molecular complexity index is 118. The van der Waals surface area contributed by atoms with Gasteiger partial charge in [-0.05, 0) is 0 Å². The van der Waals surface area contributed by atoms with Gasteiger partial charge in [0.1, 0.15) is 0 Å². The first-order valence-electron chi connectivity index (χ1n) is 2.02. The van der Waals surface area contributed by atoms with E-state index in [1.807, 2.05) is 0 Å². The summed E-state index contributed by atoms with van der Waals surface area (Å²) in [5, 5.41) is 9.75. The molecule has 0 atom stereocenters. The smallest absolute Gasteiger partial charge is 0.277 e. The maximum atomic E-state index is 9.75. The van der Waals surface area contributed by atoms with Crippen LogP contribution in [0.1, 0.15) is 6.92 Å². The van der Waals surface area contributed by atoms with Crippen molar-refractivity contribution in [3.63, 3.8) is 0 Å². The SMILES string of the molecule is CO/C=C(/C)[N+](=O)[O-]. The van der Waals surface area contributed by atoms with E-state index in [1.54, 1.807) is 0 Å². The predicted molar refractivity (Wildman–Crippen MR) is 27.8 cm³/mol. The van der Waals surface area contributed by atoms with Gasteiger partial charge in [0.2, 0.25) is 0 Å². The van der Waals surface area contributed by atoms with E-state index in [1.165, 1.54) is 14.0 Å². The molecule has 4 nitrogen and oxygen atoms in total. The Balaban J connectivity index is 3.80. The van der Waals surface area contributed by atoms with Crippen molar-refractivity contribution in [1.82, 2.24) is 0 Å².